The second-order valence-electron chi connectivity index (χ2n) is 8.96. The summed E-state index contributed by atoms with van der Waals surface area (Å²) in [6, 6.07) is 1.89. The lowest BCUT2D eigenvalue weighted by molar-refractivity contribution is 0.0743. The molecule has 0 aliphatic rings. The fourth-order valence-electron chi connectivity index (χ4n) is 4.05. The smallest absolute Gasteiger partial charge is 0.256 e. The summed E-state index contributed by atoms with van der Waals surface area (Å²) in [6.45, 7) is 5.47. The summed E-state index contributed by atoms with van der Waals surface area (Å²) < 4.78 is 41.1. The molecular weight excluding hydrogens is 411 g/mol. The van der Waals surface area contributed by atoms with Gasteiger partial charge in [-0.1, -0.05) is 104 Å². The van der Waals surface area contributed by atoms with Crippen molar-refractivity contribution in [3.05, 3.63) is 35.1 Å². The molecule has 0 fully saturated rings. The molecule has 0 radical (unpaired) electrons. The monoisotopic (exact) mass is 455 g/mol. The van der Waals surface area contributed by atoms with Gasteiger partial charge in [0.2, 0.25) is 0 Å². The van der Waals surface area contributed by atoms with E-state index in [1.54, 1.807) is 4.90 Å². The minimum atomic E-state index is -1.57. The number of amides is 1. The molecule has 184 valence electrons. The van der Waals surface area contributed by atoms with Crippen LogP contribution in [0.1, 0.15) is 127 Å². The average molecular weight is 456 g/mol. The molecule has 0 spiro atoms. The standard InChI is InChI=1S/C27H44F3NO/c1-3-5-7-9-11-13-15-17-21-31(22-18-16-14-12-10-8-6-4-2)27(32)23-19-20-24(28)26(30)25(23)29/h19-20H,3-18,21-22H2,1-2H3. The predicted molar refractivity (Wildman–Crippen MR) is 127 cm³/mol. The zero-order valence-corrected chi connectivity index (χ0v) is 20.4. The van der Waals surface area contributed by atoms with E-state index in [4.69, 9.17) is 0 Å². The van der Waals surface area contributed by atoms with Gasteiger partial charge < -0.3 is 4.90 Å². The van der Waals surface area contributed by atoms with Gasteiger partial charge in [0.1, 0.15) is 0 Å². The van der Waals surface area contributed by atoms with Crippen molar-refractivity contribution in [3.8, 4) is 0 Å². The first-order valence-electron chi connectivity index (χ1n) is 13.0. The number of hydrogen-bond donors (Lipinski definition) is 0. The van der Waals surface area contributed by atoms with Crippen LogP contribution in [0.2, 0.25) is 0 Å². The molecule has 1 aromatic carbocycles. The van der Waals surface area contributed by atoms with E-state index in [2.05, 4.69) is 13.8 Å². The summed E-state index contributed by atoms with van der Waals surface area (Å²) in [5.41, 5.74) is -0.372. The molecule has 32 heavy (non-hydrogen) atoms. The van der Waals surface area contributed by atoms with Crippen molar-refractivity contribution in [2.75, 3.05) is 13.1 Å². The van der Waals surface area contributed by atoms with Crippen molar-refractivity contribution in [3.63, 3.8) is 0 Å². The Hall–Kier alpha value is -1.52. The van der Waals surface area contributed by atoms with Crippen molar-refractivity contribution in [2.24, 2.45) is 0 Å². The number of nitrogens with zero attached hydrogens (tertiary/aromatic N) is 1. The normalized spacial score (nSPS) is 11.2. The Balaban J connectivity index is 2.52. The lowest BCUT2D eigenvalue weighted by Crippen LogP contribution is -2.34. The summed E-state index contributed by atoms with van der Waals surface area (Å²) >= 11 is 0. The topological polar surface area (TPSA) is 20.3 Å². The Morgan fingerprint density at radius 3 is 1.47 bits per heavy atom. The molecule has 0 N–H and O–H groups in total. The van der Waals surface area contributed by atoms with E-state index in [-0.39, 0.29) is 5.56 Å². The third-order valence-corrected chi connectivity index (χ3v) is 6.12. The van der Waals surface area contributed by atoms with Crippen molar-refractivity contribution < 1.29 is 18.0 Å². The van der Waals surface area contributed by atoms with Crippen LogP contribution in [0.15, 0.2) is 12.1 Å². The van der Waals surface area contributed by atoms with Gasteiger partial charge in [-0.05, 0) is 25.0 Å². The number of rotatable bonds is 19. The van der Waals surface area contributed by atoms with Crippen LogP contribution in [0.3, 0.4) is 0 Å². The Bertz CT molecular complexity index is 616. The molecule has 0 saturated heterocycles. The quantitative estimate of drug-likeness (QED) is 0.151. The second-order valence-corrected chi connectivity index (χ2v) is 8.96. The maximum absolute atomic E-state index is 14.2. The number of halogens is 3. The zero-order chi connectivity index (χ0) is 23.6. The molecule has 1 amide bonds. The number of hydrogen-bond acceptors (Lipinski definition) is 1. The van der Waals surface area contributed by atoms with E-state index in [9.17, 15) is 18.0 Å². The number of carbonyl (C=O) groups is 1. The van der Waals surface area contributed by atoms with E-state index in [0.29, 0.717) is 13.1 Å². The van der Waals surface area contributed by atoms with Crippen LogP contribution in [-0.4, -0.2) is 23.9 Å². The molecule has 0 heterocycles. The van der Waals surface area contributed by atoms with Crippen molar-refractivity contribution in [1.29, 1.82) is 0 Å². The highest BCUT2D eigenvalue weighted by Gasteiger charge is 2.23. The largest absolute Gasteiger partial charge is 0.339 e. The molecule has 0 atom stereocenters. The third kappa shape index (κ3) is 11.4. The van der Waals surface area contributed by atoms with E-state index in [1.165, 1.54) is 64.2 Å². The Morgan fingerprint density at radius 1 is 0.625 bits per heavy atom. The maximum atomic E-state index is 14.2. The van der Waals surface area contributed by atoms with Crippen molar-refractivity contribution in [1.82, 2.24) is 4.90 Å². The minimum Gasteiger partial charge on any atom is -0.339 e. The van der Waals surface area contributed by atoms with Crippen LogP contribution >= 0.6 is 0 Å². The zero-order valence-electron chi connectivity index (χ0n) is 20.4. The second kappa shape index (κ2) is 18.0. The Kier molecular flexibility index (Phi) is 16.0. The predicted octanol–water partition coefficient (Wildman–Crippen LogP) is 8.83. The first-order valence-corrected chi connectivity index (χ1v) is 13.0. The lowest BCUT2D eigenvalue weighted by Gasteiger charge is -2.23. The number of carbonyl (C=O) groups excluding carboxylic acids is 1. The van der Waals surface area contributed by atoms with Crippen LogP contribution in [0, 0.1) is 17.5 Å². The van der Waals surface area contributed by atoms with Gasteiger partial charge in [0, 0.05) is 13.1 Å². The lowest BCUT2D eigenvalue weighted by atomic mass is 10.1. The van der Waals surface area contributed by atoms with E-state index in [1.807, 2.05) is 0 Å². The molecule has 2 nitrogen and oxygen atoms in total. The highest BCUT2D eigenvalue weighted by atomic mass is 19.2. The molecular formula is C27H44F3NO. The molecule has 0 aliphatic carbocycles. The molecule has 0 bridgehead atoms. The van der Waals surface area contributed by atoms with Gasteiger partial charge >= 0.3 is 0 Å². The maximum Gasteiger partial charge on any atom is 0.256 e. The fraction of sp³-hybridized carbons (Fsp3) is 0.741. The van der Waals surface area contributed by atoms with Gasteiger partial charge in [-0.25, -0.2) is 13.2 Å². The Labute approximate surface area is 194 Å². The van der Waals surface area contributed by atoms with E-state index >= 15 is 0 Å². The van der Waals surface area contributed by atoms with E-state index < -0.39 is 23.4 Å². The fourth-order valence-corrected chi connectivity index (χ4v) is 4.05. The van der Waals surface area contributed by atoms with Crippen LogP contribution in [0.5, 0.6) is 0 Å². The van der Waals surface area contributed by atoms with Crippen molar-refractivity contribution in [2.45, 2.75) is 117 Å². The van der Waals surface area contributed by atoms with Gasteiger partial charge in [0.25, 0.3) is 5.91 Å². The Morgan fingerprint density at radius 2 is 1.03 bits per heavy atom. The first-order chi connectivity index (χ1) is 15.5. The van der Waals surface area contributed by atoms with Gasteiger partial charge in [-0.2, -0.15) is 0 Å². The summed E-state index contributed by atoms with van der Waals surface area (Å²) in [5.74, 6) is -4.76. The summed E-state index contributed by atoms with van der Waals surface area (Å²) in [5, 5.41) is 0. The molecule has 5 heteroatoms. The molecule has 1 rings (SSSR count). The van der Waals surface area contributed by atoms with Crippen LogP contribution in [-0.2, 0) is 0 Å². The van der Waals surface area contributed by atoms with Gasteiger partial charge in [0.05, 0.1) is 5.56 Å². The van der Waals surface area contributed by atoms with Gasteiger partial charge in [-0.15, -0.1) is 0 Å². The highest BCUT2D eigenvalue weighted by molar-refractivity contribution is 5.94. The summed E-state index contributed by atoms with van der Waals surface area (Å²) in [6.07, 6.45) is 18.5. The summed E-state index contributed by atoms with van der Waals surface area (Å²) in [7, 11) is 0. The molecule has 1 aromatic rings. The molecule has 0 saturated carbocycles. The minimum absolute atomic E-state index is 0.372. The average Bonchev–Trinajstić information content (AvgIpc) is 2.79. The first kappa shape index (κ1) is 28.5. The van der Waals surface area contributed by atoms with Crippen LogP contribution in [0.4, 0.5) is 13.2 Å². The van der Waals surface area contributed by atoms with Crippen LogP contribution < -0.4 is 0 Å². The van der Waals surface area contributed by atoms with Crippen LogP contribution in [0.25, 0.3) is 0 Å². The highest BCUT2D eigenvalue weighted by Crippen LogP contribution is 2.19. The third-order valence-electron chi connectivity index (χ3n) is 6.12. The van der Waals surface area contributed by atoms with Gasteiger partial charge in [0.15, 0.2) is 17.5 Å². The number of unbranched alkanes of at least 4 members (excludes halogenated alkanes) is 14. The summed E-state index contributed by atoms with van der Waals surface area (Å²) in [4.78, 5) is 14.5. The van der Waals surface area contributed by atoms with E-state index in [0.717, 1.165) is 50.7 Å². The molecule has 0 unspecified atom stereocenters. The molecule has 0 aliphatic heterocycles. The van der Waals surface area contributed by atoms with Crippen molar-refractivity contribution >= 4 is 5.91 Å². The molecule has 0 aromatic heterocycles. The SMILES string of the molecule is CCCCCCCCCCN(CCCCCCCCCC)C(=O)c1ccc(F)c(F)c1F. The number of benzene rings is 1. The van der Waals surface area contributed by atoms with Gasteiger partial charge in [-0.3, -0.25) is 4.79 Å².